The Morgan fingerprint density at radius 2 is 1.53 bits per heavy atom. The Labute approximate surface area is 116 Å². The van der Waals surface area contributed by atoms with Crippen LogP contribution in [-0.4, -0.2) is 20.8 Å². The molecule has 0 aliphatic heterocycles. The molecule has 0 aliphatic carbocycles. The zero-order valence-corrected chi connectivity index (χ0v) is 12.9. The Hall–Kier alpha value is -0.470. The van der Waals surface area contributed by atoms with Crippen molar-refractivity contribution < 1.29 is 14.7 Å². The van der Waals surface area contributed by atoms with Gasteiger partial charge in [0.15, 0.2) is 0 Å². The van der Waals surface area contributed by atoms with Gasteiger partial charge >= 0.3 is 116 Å². The van der Waals surface area contributed by atoms with Crippen molar-refractivity contribution >= 4 is 7.28 Å². The molecule has 1 aromatic rings. The fourth-order valence-corrected chi connectivity index (χ4v) is 5.16. The molecule has 0 bridgehead atoms. The van der Waals surface area contributed by atoms with Crippen LogP contribution in [0.1, 0.15) is 57.2 Å². The first kappa shape index (κ1) is 16.6. The maximum absolute atomic E-state index is 10.5. The van der Waals surface area contributed by atoms with Crippen molar-refractivity contribution in [3.05, 3.63) is 35.9 Å². The summed E-state index contributed by atoms with van der Waals surface area (Å²) in [5.74, 6) is 0. The van der Waals surface area contributed by atoms with Crippen LogP contribution in [0.15, 0.2) is 30.3 Å². The van der Waals surface area contributed by atoms with E-state index >= 15 is 0 Å². The van der Waals surface area contributed by atoms with E-state index < -0.39 is 12.9 Å². The summed E-state index contributed by atoms with van der Waals surface area (Å²) in [5, 5.41) is 0. The Balaban J connectivity index is 3.02. The Morgan fingerprint density at radius 1 is 0.947 bits per heavy atom. The van der Waals surface area contributed by atoms with Gasteiger partial charge in [-0.25, -0.2) is 0 Å². The molecule has 1 aromatic carbocycles. The zero-order chi connectivity index (χ0) is 14.4. The molecular formula is C15H27O3P. The summed E-state index contributed by atoms with van der Waals surface area (Å²) in [4.78, 5) is 31.5. The molecule has 3 nitrogen and oxygen atoms in total. The third-order valence-corrected chi connectivity index (χ3v) is 6.60. The second-order valence-corrected chi connectivity index (χ2v) is 8.88. The summed E-state index contributed by atoms with van der Waals surface area (Å²) in [6.07, 6.45) is 4.05. The molecule has 19 heavy (non-hydrogen) atoms. The van der Waals surface area contributed by atoms with Gasteiger partial charge in [-0.15, -0.1) is 0 Å². The van der Waals surface area contributed by atoms with Gasteiger partial charge in [-0.05, 0) is 0 Å². The second kappa shape index (κ2) is 6.81. The van der Waals surface area contributed by atoms with Gasteiger partial charge in [-0.3, -0.25) is 0 Å². The van der Waals surface area contributed by atoms with E-state index in [9.17, 15) is 14.7 Å². The third-order valence-electron chi connectivity index (χ3n) is 3.59. The van der Waals surface area contributed by atoms with Crippen molar-refractivity contribution in [1.82, 2.24) is 0 Å². The van der Waals surface area contributed by atoms with Gasteiger partial charge in [-0.1, -0.05) is 0 Å². The normalized spacial score (nSPS) is 15.7. The molecule has 0 saturated carbocycles. The van der Waals surface area contributed by atoms with Crippen molar-refractivity contribution in [2.75, 3.05) is 6.16 Å². The predicted molar refractivity (Wildman–Crippen MR) is 82.1 cm³/mol. The molecule has 110 valence electrons. The summed E-state index contributed by atoms with van der Waals surface area (Å²) in [6.45, 7) is 4.05. The van der Waals surface area contributed by atoms with Crippen LogP contribution in [0.2, 0.25) is 0 Å². The fraction of sp³-hybridized carbons (Fsp3) is 0.600. The van der Waals surface area contributed by atoms with E-state index in [1.807, 2.05) is 37.3 Å². The summed E-state index contributed by atoms with van der Waals surface area (Å²) in [7, 11) is -4.61. The van der Waals surface area contributed by atoms with E-state index in [0.29, 0.717) is 12.8 Å². The third kappa shape index (κ3) is 4.85. The van der Waals surface area contributed by atoms with Crippen LogP contribution in [0.25, 0.3) is 0 Å². The molecule has 3 N–H and O–H groups in total. The number of hydrogen-bond acceptors (Lipinski definition) is 3. The molecule has 0 saturated heterocycles. The SMILES string of the molecule is CCCCC(c1ccccc1)P(O)(O)(O)CCCC. The molecule has 0 aliphatic rings. The molecule has 1 rings (SSSR count). The quantitative estimate of drug-likeness (QED) is 0.633. The first-order chi connectivity index (χ1) is 8.89. The van der Waals surface area contributed by atoms with Crippen LogP contribution in [0.3, 0.4) is 0 Å². The van der Waals surface area contributed by atoms with Crippen molar-refractivity contribution in [2.24, 2.45) is 0 Å². The Morgan fingerprint density at radius 3 is 2.05 bits per heavy atom. The van der Waals surface area contributed by atoms with Crippen molar-refractivity contribution in [2.45, 2.75) is 51.6 Å². The summed E-state index contributed by atoms with van der Waals surface area (Å²) >= 11 is 0. The van der Waals surface area contributed by atoms with E-state index in [-0.39, 0.29) is 6.16 Å². The van der Waals surface area contributed by atoms with Crippen molar-refractivity contribution in [3.8, 4) is 0 Å². The molecule has 0 spiro atoms. The number of unbranched alkanes of at least 4 members (excludes halogenated alkanes) is 2. The summed E-state index contributed by atoms with van der Waals surface area (Å²) in [6, 6.07) is 9.39. The summed E-state index contributed by atoms with van der Waals surface area (Å²) in [5.41, 5.74) is 0.288. The standard InChI is InChI=1S/C15H27O3P/c1-3-5-12-15(14-10-8-7-9-11-14)19(16,17,18)13-6-4-2/h7-11,15-18H,3-6,12-13H2,1-2H3. The average molecular weight is 286 g/mol. The maximum atomic E-state index is 10.5. The molecule has 0 radical (unpaired) electrons. The molecule has 1 unspecified atom stereocenters. The van der Waals surface area contributed by atoms with Crippen LogP contribution in [0, 0.1) is 0 Å². The van der Waals surface area contributed by atoms with E-state index in [4.69, 9.17) is 0 Å². The van der Waals surface area contributed by atoms with E-state index in [1.54, 1.807) is 0 Å². The first-order valence-electron chi connectivity index (χ1n) is 7.20. The van der Waals surface area contributed by atoms with Crippen molar-refractivity contribution in [3.63, 3.8) is 0 Å². The second-order valence-electron chi connectivity index (χ2n) is 5.37. The van der Waals surface area contributed by atoms with Crippen LogP contribution in [0.5, 0.6) is 0 Å². The Kier molecular flexibility index (Phi) is 5.94. The van der Waals surface area contributed by atoms with Gasteiger partial charge in [0, 0.05) is 0 Å². The minimum absolute atomic E-state index is 0.103. The van der Waals surface area contributed by atoms with Gasteiger partial charge in [-0.2, -0.15) is 0 Å². The van der Waals surface area contributed by atoms with Crippen LogP contribution in [-0.2, 0) is 0 Å². The van der Waals surface area contributed by atoms with Crippen molar-refractivity contribution in [1.29, 1.82) is 0 Å². The van der Waals surface area contributed by atoms with Crippen LogP contribution < -0.4 is 0 Å². The number of rotatable bonds is 8. The van der Waals surface area contributed by atoms with Crippen LogP contribution in [0.4, 0.5) is 0 Å². The van der Waals surface area contributed by atoms with E-state index in [2.05, 4.69) is 6.92 Å². The molecular weight excluding hydrogens is 259 g/mol. The molecule has 0 heterocycles. The summed E-state index contributed by atoms with van der Waals surface area (Å²) < 4.78 is 0. The predicted octanol–water partition coefficient (Wildman–Crippen LogP) is 3.99. The van der Waals surface area contributed by atoms with Crippen LogP contribution >= 0.6 is 7.28 Å². The van der Waals surface area contributed by atoms with E-state index in [1.165, 1.54) is 0 Å². The van der Waals surface area contributed by atoms with E-state index in [0.717, 1.165) is 24.8 Å². The number of benzene rings is 1. The topological polar surface area (TPSA) is 60.7 Å². The van der Waals surface area contributed by atoms with Gasteiger partial charge in [0.05, 0.1) is 0 Å². The minimum atomic E-state index is -4.61. The van der Waals surface area contributed by atoms with Gasteiger partial charge in [0.2, 0.25) is 0 Å². The monoisotopic (exact) mass is 286 g/mol. The molecule has 4 heteroatoms. The fourth-order valence-electron chi connectivity index (χ4n) is 2.43. The zero-order valence-electron chi connectivity index (χ0n) is 12.0. The first-order valence-corrected chi connectivity index (χ1v) is 9.55. The van der Waals surface area contributed by atoms with Gasteiger partial charge in [0.25, 0.3) is 0 Å². The Bertz CT molecular complexity index is 370. The average Bonchev–Trinajstić information content (AvgIpc) is 2.37. The molecule has 1 atom stereocenters. The van der Waals surface area contributed by atoms with Gasteiger partial charge in [0.1, 0.15) is 0 Å². The molecule has 0 fully saturated rings. The molecule has 0 amide bonds. The molecule has 0 aromatic heterocycles. The number of hydrogen-bond donors (Lipinski definition) is 3. The van der Waals surface area contributed by atoms with Gasteiger partial charge < -0.3 is 0 Å².